The third kappa shape index (κ3) is 5.56. The number of urea groups is 1. The van der Waals surface area contributed by atoms with Crippen LogP contribution in [0.25, 0.3) is 0 Å². The van der Waals surface area contributed by atoms with Gasteiger partial charge in [-0.05, 0) is 38.5 Å². The first kappa shape index (κ1) is 17.8. The van der Waals surface area contributed by atoms with E-state index in [1.54, 1.807) is 0 Å². The Balaban J connectivity index is 2.52. The van der Waals surface area contributed by atoms with Crippen molar-refractivity contribution < 1.29 is 14.7 Å². The van der Waals surface area contributed by atoms with Gasteiger partial charge < -0.3 is 15.7 Å². The molecule has 122 valence electrons. The van der Waals surface area contributed by atoms with E-state index in [2.05, 4.69) is 31.4 Å². The summed E-state index contributed by atoms with van der Waals surface area (Å²) in [4.78, 5) is 23.5. The molecule has 3 N–H and O–H groups in total. The van der Waals surface area contributed by atoms with Gasteiger partial charge in [0.1, 0.15) is 0 Å². The Morgan fingerprint density at radius 3 is 2.05 bits per heavy atom. The standard InChI is InChI=1S/C16H30N2O3/c1-14(2,3)10-15(4,5)18-13(21)17-11-16(12(19)20)8-6-7-9-16/h6-11H2,1-5H3,(H,19,20)(H2,17,18,21). The van der Waals surface area contributed by atoms with E-state index in [0.29, 0.717) is 12.8 Å². The van der Waals surface area contributed by atoms with Crippen molar-refractivity contribution in [1.29, 1.82) is 0 Å². The van der Waals surface area contributed by atoms with Gasteiger partial charge in [-0.25, -0.2) is 4.79 Å². The van der Waals surface area contributed by atoms with E-state index in [0.717, 1.165) is 19.3 Å². The van der Waals surface area contributed by atoms with Gasteiger partial charge in [0.05, 0.1) is 5.41 Å². The second kappa shape index (κ2) is 6.24. The zero-order valence-electron chi connectivity index (χ0n) is 14.0. The van der Waals surface area contributed by atoms with E-state index >= 15 is 0 Å². The monoisotopic (exact) mass is 298 g/mol. The van der Waals surface area contributed by atoms with Crippen LogP contribution in [0.4, 0.5) is 4.79 Å². The van der Waals surface area contributed by atoms with Crippen LogP contribution in [0.1, 0.15) is 66.7 Å². The molecule has 5 heteroatoms. The Bertz CT molecular complexity index is 391. The molecular weight excluding hydrogens is 268 g/mol. The van der Waals surface area contributed by atoms with Crippen LogP contribution in [0, 0.1) is 10.8 Å². The van der Waals surface area contributed by atoms with Crippen molar-refractivity contribution in [3.8, 4) is 0 Å². The Labute approximate surface area is 127 Å². The molecule has 0 aliphatic heterocycles. The van der Waals surface area contributed by atoms with Crippen molar-refractivity contribution >= 4 is 12.0 Å². The summed E-state index contributed by atoms with van der Waals surface area (Å²) in [5, 5.41) is 15.1. The highest BCUT2D eigenvalue weighted by Gasteiger charge is 2.41. The zero-order chi connectivity index (χ0) is 16.3. The number of hydrogen-bond donors (Lipinski definition) is 3. The molecule has 1 fully saturated rings. The molecule has 21 heavy (non-hydrogen) atoms. The topological polar surface area (TPSA) is 78.4 Å². The summed E-state index contributed by atoms with van der Waals surface area (Å²) in [6, 6.07) is -0.281. The smallest absolute Gasteiger partial charge is 0.315 e. The van der Waals surface area contributed by atoms with E-state index in [-0.39, 0.29) is 23.5 Å². The summed E-state index contributed by atoms with van der Waals surface area (Å²) in [7, 11) is 0. The molecule has 0 radical (unpaired) electrons. The third-order valence-corrected chi connectivity index (χ3v) is 4.03. The Morgan fingerprint density at radius 1 is 1.10 bits per heavy atom. The second-order valence-electron chi connectivity index (χ2n) is 8.22. The predicted molar refractivity (Wildman–Crippen MR) is 83.2 cm³/mol. The number of carbonyl (C=O) groups excluding carboxylic acids is 1. The lowest BCUT2D eigenvalue weighted by molar-refractivity contribution is -0.148. The molecular formula is C16H30N2O3. The van der Waals surface area contributed by atoms with Crippen molar-refractivity contribution in [2.75, 3.05) is 6.54 Å². The summed E-state index contributed by atoms with van der Waals surface area (Å²) < 4.78 is 0. The van der Waals surface area contributed by atoms with Crippen molar-refractivity contribution in [2.45, 2.75) is 72.3 Å². The number of amides is 2. The summed E-state index contributed by atoms with van der Waals surface area (Å²) in [6.07, 6.45) is 3.98. The fraction of sp³-hybridized carbons (Fsp3) is 0.875. The van der Waals surface area contributed by atoms with Crippen LogP contribution >= 0.6 is 0 Å². The summed E-state index contributed by atoms with van der Waals surface area (Å²) in [5.74, 6) is -0.797. The Kier molecular flexibility index (Phi) is 5.29. The molecule has 0 aromatic rings. The van der Waals surface area contributed by atoms with E-state index in [1.165, 1.54) is 0 Å². The first-order valence-electron chi connectivity index (χ1n) is 7.75. The maximum atomic E-state index is 12.1. The molecule has 0 heterocycles. The van der Waals surface area contributed by atoms with Crippen molar-refractivity contribution in [3.05, 3.63) is 0 Å². The van der Waals surface area contributed by atoms with Gasteiger partial charge in [-0.3, -0.25) is 4.79 Å². The molecule has 0 saturated heterocycles. The molecule has 0 aromatic heterocycles. The lowest BCUT2D eigenvalue weighted by Crippen LogP contribution is -2.52. The highest BCUT2D eigenvalue weighted by Crippen LogP contribution is 2.37. The van der Waals surface area contributed by atoms with E-state index in [1.807, 2.05) is 13.8 Å². The van der Waals surface area contributed by atoms with E-state index < -0.39 is 11.4 Å². The lowest BCUT2D eigenvalue weighted by Gasteiger charge is -2.34. The molecule has 0 unspecified atom stereocenters. The SMILES string of the molecule is CC(C)(C)CC(C)(C)NC(=O)NCC1(C(=O)O)CCCC1. The number of rotatable bonds is 5. The van der Waals surface area contributed by atoms with Crippen LogP contribution in [0.2, 0.25) is 0 Å². The molecule has 1 aliphatic carbocycles. The maximum Gasteiger partial charge on any atom is 0.315 e. The summed E-state index contributed by atoms with van der Waals surface area (Å²) in [6.45, 7) is 10.6. The van der Waals surface area contributed by atoms with Gasteiger partial charge in [0.25, 0.3) is 0 Å². The van der Waals surface area contributed by atoms with Gasteiger partial charge in [0, 0.05) is 12.1 Å². The molecule has 1 saturated carbocycles. The first-order valence-corrected chi connectivity index (χ1v) is 7.75. The highest BCUT2D eigenvalue weighted by atomic mass is 16.4. The van der Waals surface area contributed by atoms with E-state index in [9.17, 15) is 14.7 Å². The van der Waals surface area contributed by atoms with Gasteiger partial charge in [-0.1, -0.05) is 33.6 Å². The van der Waals surface area contributed by atoms with Crippen LogP contribution < -0.4 is 10.6 Å². The van der Waals surface area contributed by atoms with Crippen LogP contribution in [-0.2, 0) is 4.79 Å². The number of hydrogen-bond acceptors (Lipinski definition) is 2. The second-order valence-corrected chi connectivity index (χ2v) is 8.22. The summed E-state index contributed by atoms with van der Waals surface area (Å²) >= 11 is 0. The maximum absolute atomic E-state index is 12.1. The highest BCUT2D eigenvalue weighted by molar-refractivity contribution is 5.78. The van der Waals surface area contributed by atoms with Crippen molar-refractivity contribution in [2.24, 2.45) is 10.8 Å². The molecule has 2 amide bonds. The van der Waals surface area contributed by atoms with Crippen LogP contribution in [0.15, 0.2) is 0 Å². The zero-order valence-corrected chi connectivity index (χ0v) is 14.0. The van der Waals surface area contributed by atoms with Gasteiger partial charge in [-0.2, -0.15) is 0 Å². The number of carboxylic acids is 1. The molecule has 0 atom stereocenters. The molecule has 0 aromatic carbocycles. The lowest BCUT2D eigenvalue weighted by atomic mass is 9.82. The number of carbonyl (C=O) groups is 2. The normalized spacial score (nSPS) is 18.3. The molecule has 5 nitrogen and oxygen atoms in total. The van der Waals surface area contributed by atoms with Gasteiger partial charge in [0.15, 0.2) is 0 Å². The minimum absolute atomic E-state index is 0.116. The molecule has 1 aliphatic rings. The average molecular weight is 298 g/mol. The van der Waals surface area contributed by atoms with Gasteiger partial charge >= 0.3 is 12.0 Å². The largest absolute Gasteiger partial charge is 0.481 e. The third-order valence-electron chi connectivity index (χ3n) is 4.03. The van der Waals surface area contributed by atoms with E-state index in [4.69, 9.17) is 0 Å². The number of nitrogens with one attached hydrogen (secondary N) is 2. The van der Waals surface area contributed by atoms with Crippen LogP contribution in [-0.4, -0.2) is 29.2 Å². The molecule has 0 spiro atoms. The molecule has 1 rings (SSSR count). The quantitative estimate of drug-likeness (QED) is 0.729. The Hall–Kier alpha value is -1.26. The van der Waals surface area contributed by atoms with Crippen molar-refractivity contribution in [1.82, 2.24) is 10.6 Å². The summed E-state index contributed by atoms with van der Waals surface area (Å²) in [5.41, 5.74) is -0.982. The minimum atomic E-state index is -0.797. The average Bonchev–Trinajstić information content (AvgIpc) is 2.71. The number of carboxylic acid groups (broad SMARTS) is 1. The van der Waals surface area contributed by atoms with Gasteiger partial charge in [0.2, 0.25) is 0 Å². The fourth-order valence-electron chi connectivity index (χ4n) is 3.49. The number of aliphatic carboxylic acids is 1. The van der Waals surface area contributed by atoms with Gasteiger partial charge in [-0.15, -0.1) is 0 Å². The molecule has 0 bridgehead atoms. The van der Waals surface area contributed by atoms with Crippen LogP contribution in [0.3, 0.4) is 0 Å². The minimum Gasteiger partial charge on any atom is -0.481 e. The van der Waals surface area contributed by atoms with Crippen molar-refractivity contribution in [3.63, 3.8) is 0 Å². The van der Waals surface area contributed by atoms with Crippen LogP contribution in [0.5, 0.6) is 0 Å². The Morgan fingerprint density at radius 2 is 1.62 bits per heavy atom. The fourth-order valence-corrected chi connectivity index (χ4v) is 3.49. The first-order chi connectivity index (χ1) is 9.46. The predicted octanol–water partition coefficient (Wildman–Crippen LogP) is 3.15.